The molecule has 0 radical (unpaired) electrons. The van der Waals surface area contributed by atoms with Crippen LogP contribution in [0.2, 0.25) is 5.28 Å². The minimum Gasteiger partial charge on any atom is -0.493 e. The van der Waals surface area contributed by atoms with E-state index in [2.05, 4.69) is 20.0 Å². The topological polar surface area (TPSA) is 65.5 Å². The second-order valence-corrected chi connectivity index (χ2v) is 5.60. The summed E-state index contributed by atoms with van der Waals surface area (Å²) in [6, 6.07) is 8.53. The molecule has 0 fully saturated rings. The molecule has 142 valence electrons. The lowest BCUT2D eigenvalue weighted by molar-refractivity contribution is -0.274. The first-order valence-electron chi connectivity index (χ1n) is 7.51. The van der Waals surface area contributed by atoms with Gasteiger partial charge < -0.3 is 19.5 Å². The molecule has 27 heavy (non-hydrogen) atoms. The first-order valence-corrected chi connectivity index (χ1v) is 7.89. The van der Waals surface area contributed by atoms with Crippen molar-refractivity contribution in [2.24, 2.45) is 0 Å². The van der Waals surface area contributed by atoms with E-state index in [1.165, 1.54) is 38.5 Å². The van der Waals surface area contributed by atoms with Crippen LogP contribution in [0, 0.1) is 0 Å². The Morgan fingerprint density at radius 3 is 2.19 bits per heavy atom. The van der Waals surface area contributed by atoms with Crippen LogP contribution in [0.4, 0.5) is 24.7 Å². The van der Waals surface area contributed by atoms with Crippen LogP contribution in [0.15, 0.2) is 36.4 Å². The summed E-state index contributed by atoms with van der Waals surface area (Å²) in [6.07, 6.45) is -4.75. The molecule has 0 saturated carbocycles. The molecule has 0 aliphatic carbocycles. The Kier molecular flexibility index (Phi) is 5.13. The lowest BCUT2D eigenvalue weighted by Gasteiger charge is -2.13. The molecule has 3 rings (SSSR count). The van der Waals surface area contributed by atoms with Gasteiger partial charge in [0, 0.05) is 17.1 Å². The Morgan fingerprint density at radius 2 is 1.59 bits per heavy atom. The molecule has 10 heteroatoms. The van der Waals surface area contributed by atoms with Crippen LogP contribution in [0.3, 0.4) is 0 Å². The standard InChI is InChI=1S/C17H13ClF3N3O3/c1-25-13-7-11-12(8-14(13)26-2)23-16(18)24-15(11)22-9-3-5-10(6-4-9)27-17(19,20)21/h3-8H,1-2H3,(H,22,23,24). The number of nitrogens with zero attached hydrogens (tertiary/aromatic N) is 2. The zero-order chi connectivity index (χ0) is 19.6. The molecule has 0 aliphatic rings. The van der Waals surface area contributed by atoms with Gasteiger partial charge in [0.2, 0.25) is 5.28 Å². The average molecular weight is 400 g/mol. The average Bonchev–Trinajstić information content (AvgIpc) is 2.61. The highest BCUT2D eigenvalue weighted by Gasteiger charge is 2.30. The highest BCUT2D eigenvalue weighted by atomic mass is 35.5. The van der Waals surface area contributed by atoms with Gasteiger partial charge in [-0.15, -0.1) is 13.2 Å². The monoisotopic (exact) mass is 399 g/mol. The summed E-state index contributed by atoms with van der Waals surface area (Å²) in [5, 5.41) is 3.58. The number of halogens is 4. The van der Waals surface area contributed by atoms with Crippen molar-refractivity contribution >= 4 is 34.0 Å². The minimum atomic E-state index is -4.75. The van der Waals surface area contributed by atoms with Crippen LogP contribution in [0.5, 0.6) is 17.2 Å². The van der Waals surface area contributed by atoms with Crippen LogP contribution in [0.25, 0.3) is 10.9 Å². The molecule has 0 atom stereocenters. The predicted molar refractivity (Wildman–Crippen MR) is 94.1 cm³/mol. The second kappa shape index (κ2) is 7.36. The maximum atomic E-state index is 12.2. The van der Waals surface area contributed by atoms with Crippen molar-refractivity contribution in [2.75, 3.05) is 19.5 Å². The largest absolute Gasteiger partial charge is 0.573 e. The van der Waals surface area contributed by atoms with Crippen molar-refractivity contribution in [3.05, 3.63) is 41.7 Å². The highest BCUT2D eigenvalue weighted by molar-refractivity contribution is 6.28. The van der Waals surface area contributed by atoms with E-state index in [0.29, 0.717) is 33.9 Å². The number of methoxy groups -OCH3 is 2. The predicted octanol–water partition coefficient (Wildman–Crippen LogP) is 4.94. The molecule has 1 aromatic heterocycles. The first kappa shape index (κ1) is 18.8. The Balaban J connectivity index is 1.96. The number of fused-ring (bicyclic) bond motifs is 1. The van der Waals surface area contributed by atoms with E-state index < -0.39 is 6.36 Å². The van der Waals surface area contributed by atoms with Gasteiger partial charge in [-0.1, -0.05) is 0 Å². The molecule has 0 amide bonds. The Morgan fingerprint density at radius 1 is 0.963 bits per heavy atom. The lowest BCUT2D eigenvalue weighted by atomic mass is 10.2. The van der Waals surface area contributed by atoms with Crippen LogP contribution < -0.4 is 19.5 Å². The van der Waals surface area contributed by atoms with Crippen LogP contribution in [0.1, 0.15) is 0 Å². The van der Waals surface area contributed by atoms with E-state index in [9.17, 15) is 13.2 Å². The number of aromatic nitrogens is 2. The molecule has 0 spiro atoms. The highest BCUT2D eigenvalue weighted by Crippen LogP contribution is 2.35. The molecule has 1 heterocycles. The fourth-order valence-corrected chi connectivity index (χ4v) is 2.57. The van der Waals surface area contributed by atoms with Crippen molar-refractivity contribution in [3.8, 4) is 17.2 Å². The number of nitrogens with one attached hydrogen (secondary N) is 1. The number of alkyl halides is 3. The summed E-state index contributed by atoms with van der Waals surface area (Å²) in [5.41, 5.74) is 0.988. The van der Waals surface area contributed by atoms with Crippen LogP contribution >= 0.6 is 11.6 Å². The zero-order valence-corrected chi connectivity index (χ0v) is 14.9. The summed E-state index contributed by atoms with van der Waals surface area (Å²) < 4.78 is 51.1. The van der Waals surface area contributed by atoms with Crippen molar-refractivity contribution in [1.29, 1.82) is 0 Å². The van der Waals surface area contributed by atoms with Crippen LogP contribution in [-0.4, -0.2) is 30.5 Å². The number of hydrogen-bond acceptors (Lipinski definition) is 6. The number of ether oxygens (including phenoxy) is 3. The Hall–Kier alpha value is -2.94. The molecule has 6 nitrogen and oxygen atoms in total. The minimum absolute atomic E-state index is 0.00533. The van der Waals surface area contributed by atoms with E-state index in [1.807, 2.05) is 0 Å². The number of rotatable bonds is 5. The van der Waals surface area contributed by atoms with E-state index >= 15 is 0 Å². The third kappa shape index (κ3) is 4.43. The van der Waals surface area contributed by atoms with Gasteiger partial charge in [0.05, 0.1) is 19.7 Å². The SMILES string of the molecule is COc1cc2nc(Cl)nc(Nc3ccc(OC(F)(F)F)cc3)c2cc1OC. The Labute approximate surface area is 156 Å². The number of hydrogen-bond donors (Lipinski definition) is 1. The van der Waals surface area contributed by atoms with Gasteiger partial charge in [-0.3, -0.25) is 0 Å². The molecule has 0 unspecified atom stereocenters. The molecule has 0 saturated heterocycles. The zero-order valence-electron chi connectivity index (χ0n) is 14.1. The third-order valence-electron chi connectivity index (χ3n) is 3.52. The summed E-state index contributed by atoms with van der Waals surface area (Å²) in [4.78, 5) is 8.30. The lowest BCUT2D eigenvalue weighted by Crippen LogP contribution is -2.16. The number of anilines is 2. The van der Waals surface area contributed by atoms with Gasteiger partial charge in [-0.05, 0) is 41.9 Å². The molecule has 0 bridgehead atoms. The van der Waals surface area contributed by atoms with Gasteiger partial charge in [0.15, 0.2) is 11.5 Å². The molecular formula is C17H13ClF3N3O3. The van der Waals surface area contributed by atoms with Crippen molar-refractivity contribution < 1.29 is 27.4 Å². The quantitative estimate of drug-likeness (QED) is 0.613. The van der Waals surface area contributed by atoms with E-state index in [4.69, 9.17) is 21.1 Å². The normalized spacial score (nSPS) is 11.3. The molecule has 0 aliphatic heterocycles. The van der Waals surface area contributed by atoms with Gasteiger partial charge in [0.25, 0.3) is 0 Å². The van der Waals surface area contributed by atoms with Gasteiger partial charge in [-0.25, -0.2) is 4.98 Å². The molecule has 1 N–H and O–H groups in total. The van der Waals surface area contributed by atoms with Crippen molar-refractivity contribution in [3.63, 3.8) is 0 Å². The third-order valence-corrected chi connectivity index (χ3v) is 3.69. The van der Waals surface area contributed by atoms with Crippen molar-refractivity contribution in [1.82, 2.24) is 9.97 Å². The Bertz CT molecular complexity index is 966. The van der Waals surface area contributed by atoms with Crippen molar-refractivity contribution in [2.45, 2.75) is 6.36 Å². The summed E-state index contributed by atoms with van der Waals surface area (Å²) >= 11 is 5.98. The second-order valence-electron chi connectivity index (χ2n) is 5.26. The smallest absolute Gasteiger partial charge is 0.493 e. The van der Waals surface area contributed by atoms with Gasteiger partial charge in [-0.2, -0.15) is 4.98 Å². The maximum absolute atomic E-state index is 12.2. The van der Waals surface area contributed by atoms with E-state index in [1.54, 1.807) is 12.1 Å². The maximum Gasteiger partial charge on any atom is 0.573 e. The van der Waals surface area contributed by atoms with Gasteiger partial charge >= 0.3 is 6.36 Å². The first-order chi connectivity index (χ1) is 12.8. The van der Waals surface area contributed by atoms with E-state index in [0.717, 1.165) is 0 Å². The van der Waals surface area contributed by atoms with Gasteiger partial charge in [0.1, 0.15) is 11.6 Å². The fourth-order valence-electron chi connectivity index (χ4n) is 2.40. The van der Waals surface area contributed by atoms with E-state index in [-0.39, 0.29) is 11.0 Å². The summed E-state index contributed by atoms with van der Waals surface area (Å²) in [5.74, 6) is 0.966. The molecule has 3 aromatic rings. The summed E-state index contributed by atoms with van der Waals surface area (Å²) in [6.45, 7) is 0. The van der Waals surface area contributed by atoms with Crippen LogP contribution in [-0.2, 0) is 0 Å². The molecular weight excluding hydrogens is 387 g/mol. The summed E-state index contributed by atoms with van der Waals surface area (Å²) in [7, 11) is 2.99. The number of benzene rings is 2. The molecule has 2 aromatic carbocycles. The fraction of sp³-hybridized carbons (Fsp3) is 0.176.